The molecule has 1 aromatic rings. The Morgan fingerprint density at radius 2 is 1.90 bits per heavy atom. The van der Waals surface area contributed by atoms with Gasteiger partial charge < -0.3 is 11.1 Å². The van der Waals surface area contributed by atoms with E-state index in [-0.39, 0.29) is 22.0 Å². The van der Waals surface area contributed by atoms with Crippen LogP contribution in [0.2, 0.25) is 0 Å². The van der Waals surface area contributed by atoms with E-state index >= 15 is 0 Å². The molecule has 0 aromatic heterocycles. The standard InChI is InChI=1S/C14H17BrF2N2O/c15-10-5-12(17)13(6-11(10)16)19-14(20)9-3-1-8(7-18)2-4-9/h5-6,8-9H,1-4,7,18H2,(H,19,20). The van der Waals surface area contributed by atoms with Gasteiger partial charge in [0.1, 0.15) is 11.6 Å². The number of anilines is 1. The first kappa shape index (κ1) is 15.4. The lowest BCUT2D eigenvalue weighted by molar-refractivity contribution is -0.121. The third kappa shape index (κ3) is 3.55. The van der Waals surface area contributed by atoms with Gasteiger partial charge in [-0.3, -0.25) is 4.79 Å². The van der Waals surface area contributed by atoms with Gasteiger partial charge in [0.25, 0.3) is 0 Å². The Balaban J connectivity index is 2.00. The number of nitrogens with two attached hydrogens (primary N) is 1. The summed E-state index contributed by atoms with van der Waals surface area (Å²) in [6.45, 7) is 0.640. The molecule has 1 amide bonds. The highest BCUT2D eigenvalue weighted by Crippen LogP contribution is 2.30. The minimum atomic E-state index is -0.651. The van der Waals surface area contributed by atoms with Crippen molar-refractivity contribution in [1.29, 1.82) is 0 Å². The lowest BCUT2D eigenvalue weighted by Crippen LogP contribution is -2.29. The van der Waals surface area contributed by atoms with Crippen molar-refractivity contribution in [3.63, 3.8) is 0 Å². The van der Waals surface area contributed by atoms with Gasteiger partial charge in [-0.2, -0.15) is 0 Å². The maximum absolute atomic E-state index is 13.6. The van der Waals surface area contributed by atoms with E-state index in [1.54, 1.807) is 0 Å². The van der Waals surface area contributed by atoms with Crippen LogP contribution in [0.25, 0.3) is 0 Å². The summed E-state index contributed by atoms with van der Waals surface area (Å²) >= 11 is 2.90. The Morgan fingerprint density at radius 3 is 2.50 bits per heavy atom. The second kappa shape index (κ2) is 6.63. The molecule has 0 radical (unpaired) electrons. The van der Waals surface area contributed by atoms with Crippen molar-refractivity contribution in [3.05, 3.63) is 28.2 Å². The molecular formula is C14H17BrF2N2O. The Morgan fingerprint density at radius 1 is 1.25 bits per heavy atom. The van der Waals surface area contributed by atoms with Gasteiger partial charge in [0.05, 0.1) is 10.2 Å². The number of rotatable bonds is 3. The fourth-order valence-electron chi connectivity index (χ4n) is 2.51. The largest absolute Gasteiger partial charge is 0.330 e. The van der Waals surface area contributed by atoms with Gasteiger partial charge in [-0.05, 0) is 60.1 Å². The average molecular weight is 347 g/mol. The monoisotopic (exact) mass is 346 g/mol. The fourth-order valence-corrected chi connectivity index (χ4v) is 2.83. The molecule has 0 unspecified atom stereocenters. The highest BCUT2D eigenvalue weighted by Gasteiger charge is 2.26. The summed E-state index contributed by atoms with van der Waals surface area (Å²) in [5.41, 5.74) is 5.49. The number of amides is 1. The number of halogens is 3. The molecule has 3 nitrogen and oxygen atoms in total. The van der Waals surface area contributed by atoms with E-state index in [1.165, 1.54) is 0 Å². The summed E-state index contributed by atoms with van der Waals surface area (Å²) in [4.78, 5) is 12.1. The smallest absolute Gasteiger partial charge is 0.227 e. The van der Waals surface area contributed by atoms with Crippen LogP contribution in [0.15, 0.2) is 16.6 Å². The Labute approximate surface area is 125 Å². The number of carbonyl (C=O) groups is 1. The zero-order valence-electron chi connectivity index (χ0n) is 11.0. The van der Waals surface area contributed by atoms with Crippen molar-refractivity contribution >= 4 is 27.5 Å². The molecular weight excluding hydrogens is 330 g/mol. The molecule has 1 aliphatic carbocycles. The Bertz CT molecular complexity index is 502. The van der Waals surface area contributed by atoms with E-state index in [9.17, 15) is 13.6 Å². The summed E-state index contributed by atoms with van der Waals surface area (Å²) in [7, 11) is 0. The van der Waals surface area contributed by atoms with Gasteiger partial charge in [0.2, 0.25) is 5.91 Å². The molecule has 110 valence electrons. The van der Waals surface area contributed by atoms with Crippen LogP contribution >= 0.6 is 15.9 Å². The normalized spacial score (nSPS) is 22.6. The zero-order valence-corrected chi connectivity index (χ0v) is 12.6. The fraction of sp³-hybridized carbons (Fsp3) is 0.500. The minimum Gasteiger partial charge on any atom is -0.330 e. The van der Waals surface area contributed by atoms with Crippen LogP contribution in [0.4, 0.5) is 14.5 Å². The van der Waals surface area contributed by atoms with Crippen LogP contribution < -0.4 is 11.1 Å². The molecule has 0 spiro atoms. The third-order valence-corrected chi connectivity index (χ3v) is 4.43. The molecule has 0 bridgehead atoms. The Hall–Kier alpha value is -1.01. The van der Waals surface area contributed by atoms with Crippen molar-refractivity contribution in [2.24, 2.45) is 17.6 Å². The van der Waals surface area contributed by atoms with E-state index < -0.39 is 11.6 Å². The van der Waals surface area contributed by atoms with E-state index in [2.05, 4.69) is 21.2 Å². The van der Waals surface area contributed by atoms with E-state index in [0.717, 1.165) is 37.8 Å². The SMILES string of the molecule is NCC1CCC(C(=O)Nc2cc(F)c(Br)cc2F)CC1. The molecule has 1 saturated carbocycles. The molecule has 20 heavy (non-hydrogen) atoms. The molecule has 2 rings (SSSR count). The van der Waals surface area contributed by atoms with Crippen LogP contribution in [-0.2, 0) is 4.79 Å². The first-order chi connectivity index (χ1) is 9.51. The van der Waals surface area contributed by atoms with Gasteiger partial charge in [0.15, 0.2) is 0 Å². The summed E-state index contributed by atoms with van der Waals surface area (Å²) in [5, 5.41) is 2.47. The van der Waals surface area contributed by atoms with Crippen molar-refractivity contribution in [1.82, 2.24) is 0 Å². The maximum Gasteiger partial charge on any atom is 0.227 e. The lowest BCUT2D eigenvalue weighted by Gasteiger charge is -2.26. The van der Waals surface area contributed by atoms with Crippen LogP contribution in [0.5, 0.6) is 0 Å². The second-order valence-corrected chi connectivity index (χ2v) is 6.04. The predicted octanol–water partition coefficient (Wildman–Crippen LogP) is 3.43. The molecule has 1 fully saturated rings. The van der Waals surface area contributed by atoms with Gasteiger partial charge >= 0.3 is 0 Å². The third-order valence-electron chi connectivity index (χ3n) is 3.82. The van der Waals surface area contributed by atoms with Crippen LogP contribution in [0.1, 0.15) is 25.7 Å². The van der Waals surface area contributed by atoms with Crippen molar-refractivity contribution in [2.75, 3.05) is 11.9 Å². The van der Waals surface area contributed by atoms with Gasteiger partial charge in [-0.1, -0.05) is 0 Å². The molecule has 0 aliphatic heterocycles. The van der Waals surface area contributed by atoms with Gasteiger partial charge in [0, 0.05) is 12.0 Å². The highest BCUT2D eigenvalue weighted by molar-refractivity contribution is 9.10. The van der Waals surface area contributed by atoms with Gasteiger partial charge in [-0.25, -0.2) is 8.78 Å². The molecule has 1 aromatic carbocycles. The molecule has 0 saturated heterocycles. The maximum atomic E-state index is 13.6. The van der Waals surface area contributed by atoms with E-state index in [4.69, 9.17) is 5.73 Å². The van der Waals surface area contributed by atoms with Crippen molar-refractivity contribution in [2.45, 2.75) is 25.7 Å². The first-order valence-corrected chi connectivity index (χ1v) is 7.46. The predicted molar refractivity (Wildman–Crippen MR) is 77.2 cm³/mol. The highest BCUT2D eigenvalue weighted by atomic mass is 79.9. The number of carbonyl (C=O) groups excluding carboxylic acids is 1. The molecule has 3 N–H and O–H groups in total. The molecule has 6 heteroatoms. The number of hydrogen-bond acceptors (Lipinski definition) is 2. The van der Waals surface area contributed by atoms with Crippen LogP contribution in [0.3, 0.4) is 0 Å². The number of benzene rings is 1. The second-order valence-electron chi connectivity index (χ2n) is 5.19. The van der Waals surface area contributed by atoms with E-state index in [0.29, 0.717) is 12.5 Å². The van der Waals surface area contributed by atoms with Crippen LogP contribution in [0, 0.1) is 23.5 Å². The van der Waals surface area contributed by atoms with Crippen molar-refractivity contribution < 1.29 is 13.6 Å². The summed E-state index contributed by atoms with van der Waals surface area (Å²) in [6.07, 6.45) is 3.31. The number of nitrogens with one attached hydrogen (secondary N) is 1. The summed E-state index contributed by atoms with van der Waals surface area (Å²) < 4.78 is 27.1. The van der Waals surface area contributed by atoms with Crippen LogP contribution in [-0.4, -0.2) is 12.5 Å². The zero-order chi connectivity index (χ0) is 14.7. The molecule has 0 atom stereocenters. The lowest BCUT2D eigenvalue weighted by atomic mass is 9.81. The summed E-state index contributed by atoms with van der Waals surface area (Å²) in [6, 6.07) is 2.00. The molecule has 0 heterocycles. The number of hydrogen-bond donors (Lipinski definition) is 2. The van der Waals surface area contributed by atoms with E-state index in [1.807, 2.05) is 0 Å². The topological polar surface area (TPSA) is 55.1 Å². The summed E-state index contributed by atoms with van der Waals surface area (Å²) in [5.74, 6) is -1.18. The van der Waals surface area contributed by atoms with Gasteiger partial charge in [-0.15, -0.1) is 0 Å². The first-order valence-electron chi connectivity index (χ1n) is 6.66. The minimum absolute atomic E-state index is 0.0384. The molecule has 1 aliphatic rings. The van der Waals surface area contributed by atoms with Crippen molar-refractivity contribution in [3.8, 4) is 0 Å². The Kier molecular flexibility index (Phi) is 5.10. The average Bonchev–Trinajstić information content (AvgIpc) is 2.44. The quantitative estimate of drug-likeness (QED) is 0.823.